The maximum Gasteiger partial charge on any atom is 1.00 e. The van der Waals surface area contributed by atoms with Crippen molar-refractivity contribution in [2.75, 3.05) is 0 Å². The van der Waals surface area contributed by atoms with Crippen molar-refractivity contribution in [3.63, 3.8) is 0 Å². The Labute approximate surface area is 218 Å². The van der Waals surface area contributed by atoms with Crippen molar-refractivity contribution in [3.05, 3.63) is 0 Å². The summed E-state index contributed by atoms with van der Waals surface area (Å²) < 4.78 is 34.3. The van der Waals surface area contributed by atoms with E-state index < -0.39 is 15.4 Å². The predicted molar refractivity (Wildman–Crippen MR) is 114 cm³/mol. The third-order valence-corrected chi connectivity index (χ3v) is 6.72. The molecule has 0 aromatic heterocycles. The van der Waals surface area contributed by atoms with Crippen LogP contribution in [0.15, 0.2) is 0 Å². The van der Waals surface area contributed by atoms with Crippen LogP contribution in [-0.2, 0) is 10.1 Å². The van der Waals surface area contributed by atoms with Gasteiger partial charge in [-0.15, -0.1) is 0 Å². The Bertz CT molecular complexity index is 413. The molecule has 0 spiro atoms. The molecule has 0 heterocycles. The van der Waals surface area contributed by atoms with E-state index >= 15 is 0 Å². The normalized spacial score (nSPS) is 13.9. The van der Waals surface area contributed by atoms with Gasteiger partial charge in [-0.1, -0.05) is 103 Å². The van der Waals surface area contributed by atoms with E-state index in [-0.39, 0.29) is 57.5 Å². The van der Waals surface area contributed by atoms with E-state index in [0.29, 0.717) is 12.8 Å². The van der Waals surface area contributed by atoms with Crippen LogP contribution in [0.2, 0.25) is 0 Å². The summed E-state index contributed by atoms with van der Waals surface area (Å²) in [4.78, 5) is 0. The van der Waals surface area contributed by atoms with Crippen molar-refractivity contribution in [1.82, 2.24) is 0 Å². The number of rotatable bonds is 20. The molecule has 2 atom stereocenters. The first kappa shape index (κ1) is 31.7. The monoisotopic (exact) mass is 444 g/mol. The molecule has 0 bridgehead atoms. The Balaban J connectivity index is 0. The summed E-state index contributed by atoms with van der Waals surface area (Å²) in [6.45, 7) is 4.01. The van der Waals surface area contributed by atoms with Crippen LogP contribution in [0.25, 0.3) is 0 Å². The molecule has 0 aromatic rings. The zero-order valence-electron chi connectivity index (χ0n) is 19.0. The molecule has 0 rings (SSSR count). The standard InChI is InChI=1S/C22H46O4S.K/c1-3-4-5-12-16-19-22(27(24,25)26)20-17-14-11-9-7-6-8-10-13-15-18-21(2)23;/h21-23H,3-20H2,1-2H3,(H,24,25,26);/q;+1/p-1. The molecule has 0 saturated heterocycles. The number of hydrogen-bond acceptors (Lipinski definition) is 4. The van der Waals surface area contributed by atoms with Gasteiger partial charge in [-0.2, -0.15) is 0 Å². The molecule has 28 heavy (non-hydrogen) atoms. The van der Waals surface area contributed by atoms with Crippen molar-refractivity contribution in [3.8, 4) is 0 Å². The van der Waals surface area contributed by atoms with Crippen LogP contribution in [0.4, 0.5) is 0 Å². The average Bonchev–Trinajstić information content (AvgIpc) is 2.59. The van der Waals surface area contributed by atoms with Crippen LogP contribution in [0.3, 0.4) is 0 Å². The van der Waals surface area contributed by atoms with E-state index in [1.807, 2.05) is 6.92 Å². The minimum absolute atomic E-state index is 0. The number of aliphatic hydroxyl groups is 1. The minimum Gasteiger partial charge on any atom is -0.748 e. The van der Waals surface area contributed by atoms with E-state index in [4.69, 9.17) is 0 Å². The molecule has 0 saturated carbocycles. The van der Waals surface area contributed by atoms with Gasteiger partial charge in [0, 0.05) is 5.25 Å². The average molecular weight is 445 g/mol. The van der Waals surface area contributed by atoms with Crippen LogP contribution in [-0.4, -0.2) is 29.4 Å². The molecular weight excluding hydrogens is 399 g/mol. The van der Waals surface area contributed by atoms with Gasteiger partial charge in [0.15, 0.2) is 0 Å². The van der Waals surface area contributed by atoms with Crippen molar-refractivity contribution in [2.45, 2.75) is 141 Å². The van der Waals surface area contributed by atoms with Crippen LogP contribution < -0.4 is 51.4 Å². The van der Waals surface area contributed by atoms with E-state index in [2.05, 4.69) is 6.92 Å². The summed E-state index contributed by atoms with van der Waals surface area (Å²) in [5.41, 5.74) is 0. The third kappa shape index (κ3) is 22.2. The molecule has 0 aliphatic rings. The van der Waals surface area contributed by atoms with Crippen molar-refractivity contribution in [2.24, 2.45) is 0 Å². The van der Waals surface area contributed by atoms with Crippen molar-refractivity contribution >= 4 is 10.1 Å². The molecule has 4 nitrogen and oxygen atoms in total. The first-order valence-corrected chi connectivity index (χ1v) is 13.0. The van der Waals surface area contributed by atoms with Gasteiger partial charge in [0.2, 0.25) is 0 Å². The number of aliphatic hydroxyl groups excluding tert-OH is 1. The molecule has 6 heteroatoms. The van der Waals surface area contributed by atoms with Crippen molar-refractivity contribution < 1.29 is 69.5 Å². The zero-order valence-corrected chi connectivity index (χ0v) is 22.9. The number of hydrogen-bond donors (Lipinski definition) is 1. The SMILES string of the molecule is CCCCCCCC(CCCCCCCCCCCCC(C)O)S(=O)(=O)[O-].[K+]. The predicted octanol–water partition coefficient (Wildman–Crippen LogP) is 3.33. The zero-order chi connectivity index (χ0) is 20.4. The van der Waals surface area contributed by atoms with E-state index in [0.717, 1.165) is 51.4 Å². The van der Waals surface area contributed by atoms with Crippen LogP contribution in [0.5, 0.6) is 0 Å². The maximum atomic E-state index is 11.4. The summed E-state index contributed by atoms with van der Waals surface area (Å²) in [5, 5.41) is 8.53. The van der Waals surface area contributed by atoms with Gasteiger partial charge in [0.05, 0.1) is 16.2 Å². The summed E-state index contributed by atoms with van der Waals surface area (Å²) in [6, 6.07) is 0. The molecular formula is C22H45KO4S. The van der Waals surface area contributed by atoms with Crippen molar-refractivity contribution in [1.29, 1.82) is 0 Å². The third-order valence-electron chi connectivity index (χ3n) is 5.44. The molecule has 0 aromatic carbocycles. The molecule has 0 aliphatic carbocycles. The fraction of sp³-hybridized carbons (Fsp3) is 1.00. The molecule has 2 unspecified atom stereocenters. The largest absolute Gasteiger partial charge is 1.00 e. The van der Waals surface area contributed by atoms with Gasteiger partial charge in [0.1, 0.15) is 0 Å². The second-order valence-corrected chi connectivity index (χ2v) is 9.93. The van der Waals surface area contributed by atoms with Crippen LogP contribution in [0, 0.1) is 0 Å². The van der Waals surface area contributed by atoms with E-state index in [9.17, 15) is 18.1 Å². The second-order valence-electron chi connectivity index (χ2n) is 8.28. The van der Waals surface area contributed by atoms with Crippen LogP contribution >= 0.6 is 0 Å². The smallest absolute Gasteiger partial charge is 0.748 e. The fourth-order valence-corrected chi connectivity index (χ4v) is 4.55. The Kier molecular flexibility index (Phi) is 24.6. The van der Waals surface area contributed by atoms with Crippen LogP contribution in [0.1, 0.15) is 129 Å². The van der Waals surface area contributed by atoms with Gasteiger partial charge >= 0.3 is 51.4 Å². The number of unbranched alkanes of at least 4 members (excludes halogenated alkanes) is 13. The molecule has 0 aliphatic heterocycles. The molecule has 0 radical (unpaired) electrons. The fourth-order valence-electron chi connectivity index (χ4n) is 3.63. The summed E-state index contributed by atoms with van der Waals surface area (Å²) >= 11 is 0. The Hall–Kier alpha value is 1.51. The Morgan fingerprint density at radius 2 is 1.00 bits per heavy atom. The maximum absolute atomic E-state index is 11.4. The van der Waals surface area contributed by atoms with Gasteiger partial charge in [-0.3, -0.25) is 0 Å². The summed E-state index contributed by atoms with van der Waals surface area (Å²) in [6.07, 6.45) is 18.9. The molecule has 0 amide bonds. The minimum atomic E-state index is -4.14. The summed E-state index contributed by atoms with van der Waals surface area (Å²) in [5.74, 6) is 0. The van der Waals surface area contributed by atoms with Gasteiger partial charge in [-0.25, -0.2) is 8.42 Å². The summed E-state index contributed by atoms with van der Waals surface area (Å²) in [7, 11) is -4.14. The Morgan fingerprint density at radius 1 is 0.679 bits per heavy atom. The van der Waals surface area contributed by atoms with E-state index in [1.54, 1.807) is 0 Å². The Morgan fingerprint density at radius 3 is 1.32 bits per heavy atom. The first-order chi connectivity index (χ1) is 12.9. The van der Waals surface area contributed by atoms with Gasteiger partial charge in [-0.05, 0) is 26.2 Å². The second kappa shape index (κ2) is 21.7. The first-order valence-electron chi connectivity index (χ1n) is 11.5. The topological polar surface area (TPSA) is 77.4 Å². The van der Waals surface area contributed by atoms with E-state index in [1.165, 1.54) is 51.4 Å². The molecule has 0 fully saturated rings. The molecule has 164 valence electrons. The quantitative estimate of drug-likeness (QED) is 0.177. The molecule has 1 N–H and O–H groups in total. The van der Waals surface area contributed by atoms with Gasteiger partial charge in [0.25, 0.3) is 0 Å². The van der Waals surface area contributed by atoms with Gasteiger partial charge < -0.3 is 9.66 Å².